The third-order valence-electron chi connectivity index (χ3n) is 4.33. The normalized spacial score (nSPS) is 17.0. The second-order valence-corrected chi connectivity index (χ2v) is 7.92. The summed E-state index contributed by atoms with van der Waals surface area (Å²) >= 11 is 4.77. The van der Waals surface area contributed by atoms with E-state index in [1.54, 1.807) is 17.2 Å². The molecule has 0 radical (unpaired) electrons. The number of carbonyl (C=O) groups excluding carboxylic acids is 2. The smallest absolute Gasteiger partial charge is 0.264 e. The van der Waals surface area contributed by atoms with Crippen molar-refractivity contribution in [2.24, 2.45) is 0 Å². The molecule has 2 amide bonds. The monoisotopic (exact) mass is 433 g/mol. The van der Waals surface area contributed by atoms with Gasteiger partial charge in [-0.3, -0.25) is 9.59 Å². The first-order chi connectivity index (χ1) is 12.6. The SMILES string of the molecule is O=C(NCc1nc2ncc(Br)cc2[nH]1)[C@@H]1CCCN1C(=O)c1cccs1. The molecule has 0 bridgehead atoms. The Morgan fingerprint density at radius 2 is 2.35 bits per heavy atom. The van der Waals surface area contributed by atoms with E-state index in [0.29, 0.717) is 29.3 Å². The molecule has 9 heteroatoms. The van der Waals surface area contributed by atoms with Crippen molar-refractivity contribution in [2.45, 2.75) is 25.4 Å². The zero-order valence-electron chi connectivity index (χ0n) is 13.7. The van der Waals surface area contributed by atoms with Gasteiger partial charge in [0.05, 0.1) is 16.9 Å². The molecule has 3 aromatic rings. The summed E-state index contributed by atoms with van der Waals surface area (Å²) in [5, 5.41) is 4.75. The number of aromatic nitrogens is 3. The second kappa shape index (κ2) is 7.16. The molecule has 3 aromatic heterocycles. The Morgan fingerprint density at radius 1 is 1.46 bits per heavy atom. The lowest BCUT2D eigenvalue weighted by Gasteiger charge is -2.23. The van der Waals surface area contributed by atoms with Crippen molar-refractivity contribution >= 4 is 50.2 Å². The molecule has 1 saturated heterocycles. The minimum atomic E-state index is -0.429. The van der Waals surface area contributed by atoms with E-state index in [0.717, 1.165) is 16.4 Å². The molecule has 0 unspecified atom stereocenters. The minimum Gasteiger partial charge on any atom is -0.347 e. The van der Waals surface area contributed by atoms with Crippen LogP contribution in [0.25, 0.3) is 11.2 Å². The Labute approximate surface area is 162 Å². The van der Waals surface area contributed by atoms with Crippen LogP contribution >= 0.6 is 27.3 Å². The van der Waals surface area contributed by atoms with Crippen LogP contribution in [0.4, 0.5) is 0 Å². The van der Waals surface area contributed by atoms with Crippen LogP contribution in [0.1, 0.15) is 28.3 Å². The lowest BCUT2D eigenvalue weighted by Crippen LogP contribution is -2.45. The molecule has 1 fully saturated rings. The average Bonchev–Trinajstić information content (AvgIpc) is 3.38. The Balaban J connectivity index is 1.42. The van der Waals surface area contributed by atoms with E-state index >= 15 is 0 Å². The van der Waals surface area contributed by atoms with Crippen LogP contribution < -0.4 is 5.32 Å². The number of hydrogen-bond donors (Lipinski definition) is 2. The summed E-state index contributed by atoms with van der Waals surface area (Å²) in [4.78, 5) is 39.2. The topological polar surface area (TPSA) is 91.0 Å². The number of thiophene rings is 1. The maximum absolute atomic E-state index is 12.6. The van der Waals surface area contributed by atoms with Gasteiger partial charge in [0.25, 0.3) is 5.91 Å². The Bertz CT molecular complexity index is 955. The Kier molecular flexibility index (Phi) is 4.73. The lowest BCUT2D eigenvalue weighted by molar-refractivity contribution is -0.125. The third kappa shape index (κ3) is 3.36. The van der Waals surface area contributed by atoms with Gasteiger partial charge in [-0.1, -0.05) is 6.07 Å². The summed E-state index contributed by atoms with van der Waals surface area (Å²) < 4.78 is 0.859. The molecule has 0 aromatic carbocycles. The molecule has 134 valence electrons. The molecule has 2 N–H and O–H groups in total. The Hall–Kier alpha value is -2.26. The zero-order valence-corrected chi connectivity index (χ0v) is 16.1. The number of fused-ring (bicyclic) bond motifs is 1. The van der Waals surface area contributed by atoms with E-state index in [-0.39, 0.29) is 18.4 Å². The van der Waals surface area contributed by atoms with Gasteiger partial charge in [-0.05, 0) is 46.3 Å². The number of rotatable bonds is 4. The van der Waals surface area contributed by atoms with Crippen molar-refractivity contribution < 1.29 is 9.59 Å². The number of carbonyl (C=O) groups is 2. The number of likely N-dealkylation sites (tertiary alicyclic amines) is 1. The van der Waals surface area contributed by atoms with E-state index in [1.807, 2.05) is 17.5 Å². The quantitative estimate of drug-likeness (QED) is 0.661. The standard InChI is InChI=1S/C17H16BrN5O2S/c18-10-7-11-15(19-8-10)22-14(21-11)9-20-16(24)12-3-1-5-23(12)17(25)13-4-2-6-26-13/h2,4,6-8,12H,1,3,5,9H2,(H,20,24)(H,19,21,22)/t12-/m0/s1. The molecule has 1 aliphatic heterocycles. The van der Waals surface area contributed by atoms with Gasteiger partial charge in [-0.2, -0.15) is 0 Å². The highest BCUT2D eigenvalue weighted by atomic mass is 79.9. The first-order valence-electron chi connectivity index (χ1n) is 8.24. The van der Waals surface area contributed by atoms with Crippen LogP contribution in [0.15, 0.2) is 34.2 Å². The van der Waals surface area contributed by atoms with Gasteiger partial charge in [0, 0.05) is 17.2 Å². The molecule has 4 heterocycles. The molecule has 0 aliphatic carbocycles. The summed E-state index contributed by atoms with van der Waals surface area (Å²) in [6.07, 6.45) is 3.19. The molecule has 0 spiro atoms. The van der Waals surface area contributed by atoms with Gasteiger partial charge in [0.2, 0.25) is 5.91 Å². The fourth-order valence-electron chi connectivity index (χ4n) is 3.12. The molecule has 26 heavy (non-hydrogen) atoms. The number of pyridine rings is 1. The molecule has 0 saturated carbocycles. The van der Waals surface area contributed by atoms with Crippen molar-refractivity contribution in [1.29, 1.82) is 0 Å². The van der Waals surface area contributed by atoms with Crippen LogP contribution in [0, 0.1) is 0 Å². The molecule has 1 atom stereocenters. The van der Waals surface area contributed by atoms with Gasteiger partial charge in [0.15, 0.2) is 5.65 Å². The van der Waals surface area contributed by atoms with Crippen molar-refractivity contribution in [3.05, 3.63) is 45.0 Å². The number of aromatic amines is 1. The van der Waals surface area contributed by atoms with Crippen molar-refractivity contribution in [3.63, 3.8) is 0 Å². The van der Waals surface area contributed by atoms with E-state index in [2.05, 4.69) is 36.2 Å². The first-order valence-corrected chi connectivity index (χ1v) is 9.91. The van der Waals surface area contributed by atoms with Crippen LogP contribution in [0.2, 0.25) is 0 Å². The number of nitrogens with one attached hydrogen (secondary N) is 2. The van der Waals surface area contributed by atoms with Crippen LogP contribution in [0.3, 0.4) is 0 Å². The maximum Gasteiger partial charge on any atom is 0.264 e. The van der Waals surface area contributed by atoms with E-state index in [4.69, 9.17) is 0 Å². The predicted molar refractivity (Wildman–Crippen MR) is 102 cm³/mol. The lowest BCUT2D eigenvalue weighted by atomic mass is 10.2. The zero-order chi connectivity index (χ0) is 18.1. The predicted octanol–water partition coefficient (Wildman–Crippen LogP) is 2.70. The number of halogens is 1. The van der Waals surface area contributed by atoms with Crippen molar-refractivity contribution in [2.75, 3.05) is 6.54 Å². The van der Waals surface area contributed by atoms with Crippen LogP contribution in [-0.4, -0.2) is 44.3 Å². The minimum absolute atomic E-state index is 0.0737. The molecular formula is C17H16BrN5O2S. The van der Waals surface area contributed by atoms with Crippen LogP contribution in [-0.2, 0) is 11.3 Å². The summed E-state index contributed by atoms with van der Waals surface area (Å²) in [6.45, 7) is 0.877. The van der Waals surface area contributed by atoms with Gasteiger partial charge < -0.3 is 15.2 Å². The molecular weight excluding hydrogens is 418 g/mol. The summed E-state index contributed by atoms with van der Waals surface area (Å²) in [7, 11) is 0. The van der Waals surface area contributed by atoms with Crippen molar-refractivity contribution in [3.8, 4) is 0 Å². The fraction of sp³-hybridized carbons (Fsp3) is 0.294. The molecule has 7 nitrogen and oxygen atoms in total. The van der Waals surface area contributed by atoms with Gasteiger partial charge in [0.1, 0.15) is 11.9 Å². The molecule has 1 aliphatic rings. The number of amides is 2. The van der Waals surface area contributed by atoms with E-state index in [1.165, 1.54) is 11.3 Å². The average molecular weight is 434 g/mol. The summed E-state index contributed by atoms with van der Waals surface area (Å²) in [5.41, 5.74) is 1.41. The third-order valence-corrected chi connectivity index (χ3v) is 5.62. The number of imidazole rings is 1. The van der Waals surface area contributed by atoms with E-state index < -0.39 is 6.04 Å². The van der Waals surface area contributed by atoms with E-state index in [9.17, 15) is 9.59 Å². The van der Waals surface area contributed by atoms with Crippen molar-refractivity contribution in [1.82, 2.24) is 25.2 Å². The van der Waals surface area contributed by atoms with Gasteiger partial charge in [-0.15, -0.1) is 11.3 Å². The highest BCUT2D eigenvalue weighted by Gasteiger charge is 2.34. The number of hydrogen-bond acceptors (Lipinski definition) is 5. The molecule has 4 rings (SSSR count). The summed E-state index contributed by atoms with van der Waals surface area (Å²) in [5.74, 6) is 0.408. The second-order valence-electron chi connectivity index (χ2n) is 6.06. The van der Waals surface area contributed by atoms with Gasteiger partial charge >= 0.3 is 0 Å². The van der Waals surface area contributed by atoms with Gasteiger partial charge in [-0.25, -0.2) is 9.97 Å². The highest BCUT2D eigenvalue weighted by Crippen LogP contribution is 2.22. The largest absolute Gasteiger partial charge is 0.347 e. The summed E-state index contributed by atoms with van der Waals surface area (Å²) in [6, 6.07) is 5.09. The maximum atomic E-state index is 12.6. The Morgan fingerprint density at radius 3 is 3.15 bits per heavy atom. The number of nitrogens with zero attached hydrogens (tertiary/aromatic N) is 3. The first kappa shape index (κ1) is 17.2. The highest BCUT2D eigenvalue weighted by molar-refractivity contribution is 9.10. The number of H-pyrrole nitrogens is 1. The fourth-order valence-corrected chi connectivity index (χ4v) is 4.13. The van der Waals surface area contributed by atoms with Crippen LogP contribution in [0.5, 0.6) is 0 Å².